The third-order valence-corrected chi connectivity index (χ3v) is 6.01. The Balaban J connectivity index is 1.61. The van der Waals surface area contributed by atoms with E-state index in [1.54, 1.807) is 22.5 Å². The Morgan fingerprint density at radius 3 is 2.88 bits per heavy atom. The van der Waals surface area contributed by atoms with E-state index in [2.05, 4.69) is 60.8 Å². The minimum absolute atomic E-state index is 0.138. The molecule has 1 atom stereocenters. The quantitative estimate of drug-likeness (QED) is 0.464. The molecular formula is C22H24N10O. The lowest BCUT2D eigenvalue weighted by Gasteiger charge is -2.32. The first-order valence-corrected chi connectivity index (χ1v) is 10.8. The number of rotatable bonds is 7. The summed E-state index contributed by atoms with van der Waals surface area (Å²) in [4.78, 5) is 22.1. The largest absolute Gasteiger partial charge is 0.335 e. The molecule has 33 heavy (non-hydrogen) atoms. The number of nitrogens with one attached hydrogen (secondary N) is 1. The summed E-state index contributed by atoms with van der Waals surface area (Å²) in [6.45, 7) is 2.57. The van der Waals surface area contributed by atoms with Crippen LogP contribution in [0.4, 0.5) is 0 Å². The number of aromatic amines is 1. The van der Waals surface area contributed by atoms with Gasteiger partial charge >= 0.3 is 5.69 Å². The molecule has 1 aliphatic heterocycles. The van der Waals surface area contributed by atoms with Crippen LogP contribution in [0, 0.1) is 0 Å². The van der Waals surface area contributed by atoms with Crippen molar-refractivity contribution in [1.82, 2.24) is 44.5 Å². The van der Waals surface area contributed by atoms with Gasteiger partial charge in [0.15, 0.2) is 5.82 Å². The van der Waals surface area contributed by atoms with Crippen molar-refractivity contribution in [2.75, 3.05) is 0 Å². The summed E-state index contributed by atoms with van der Waals surface area (Å²) in [5.41, 5.74) is 2.30. The predicted octanol–water partition coefficient (Wildman–Crippen LogP) is 1.83. The topological polar surface area (TPSA) is 124 Å². The minimum Gasteiger partial charge on any atom is -0.295 e. The SMILES string of the molecule is CCCc1cn(-c2ncnn2C)c(=O)n1CC1(c2cccc(-c3nnn[nH]3)c2)C=CN=CC1. The Hall–Kier alpha value is -4.15. The number of imidazole rings is 1. The van der Waals surface area contributed by atoms with Crippen molar-refractivity contribution in [3.8, 4) is 17.3 Å². The van der Waals surface area contributed by atoms with Gasteiger partial charge < -0.3 is 0 Å². The molecule has 0 bridgehead atoms. The summed E-state index contributed by atoms with van der Waals surface area (Å²) < 4.78 is 5.02. The molecular weight excluding hydrogens is 420 g/mol. The molecule has 0 saturated carbocycles. The van der Waals surface area contributed by atoms with Gasteiger partial charge in [-0.1, -0.05) is 37.6 Å². The lowest BCUT2D eigenvalue weighted by molar-refractivity contribution is 0.439. The molecule has 0 saturated heterocycles. The molecule has 1 aliphatic rings. The zero-order chi connectivity index (χ0) is 22.8. The van der Waals surface area contributed by atoms with E-state index in [0.29, 0.717) is 24.7 Å². The van der Waals surface area contributed by atoms with Crippen LogP contribution in [0.5, 0.6) is 0 Å². The highest BCUT2D eigenvalue weighted by molar-refractivity contribution is 5.65. The number of aromatic nitrogens is 9. The van der Waals surface area contributed by atoms with Crippen molar-refractivity contribution >= 4 is 6.21 Å². The van der Waals surface area contributed by atoms with E-state index in [1.165, 1.54) is 6.33 Å². The van der Waals surface area contributed by atoms with Gasteiger partial charge in [-0.25, -0.2) is 19.1 Å². The van der Waals surface area contributed by atoms with E-state index in [-0.39, 0.29) is 5.69 Å². The van der Waals surface area contributed by atoms with Crippen LogP contribution in [0.1, 0.15) is 31.0 Å². The van der Waals surface area contributed by atoms with Crippen molar-refractivity contribution in [1.29, 1.82) is 0 Å². The first-order chi connectivity index (χ1) is 16.1. The number of H-pyrrole nitrogens is 1. The molecule has 0 fully saturated rings. The van der Waals surface area contributed by atoms with Gasteiger partial charge in [0.25, 0.3) is 0 Å². The van der Waals surface area contributed by atoms with Gasteiger partial charge in [-0.05, 0) is 34.9 Å². The number of nitrogens with zero attached hydrogens (tertiary/aromatic N) is 9. The summed E-state index contributed by atoms with van der Waals surface area (Å²) in [5, 5.41) is 18.3. The second-order valence-corrected chi connectivity index (χ2v) is 8.13. The van der Waals surface area contributed by atoms with Gasteiger partial charge in [0.1, 0.15) is 6.33 Å². The van der Waals surface area contributed by atoms with Crippen molar-refractivity contribution < 1.29 is 0 Å². The molecule has 0 aliphatic carbocycles. The first kappa shape index (κ1) is 20.7. The molecule has 168 valence electrons. The number of aryl methyl sites for hydroxylation is 2. The van der Waals surface area contributed by atoms with E-state index in [9.17, 15) is 4.79 Å². The number of hydrogen-bond acceptors (Lipinski definition) is 7. The van der Waals surface area contributed by atoms with E-state index < -0.39 is 5.41 Å². The lowest BCUT2D eigenvalue weighted by atomic mass is 9.76. The van der Waals surface area contributed by atoms with Crippen molar-refractivity contribution in [3.05, 3.63) is 70.8 Å². The Kier molecular flexibility index (Phi) is 5.29. The third kappa shape index (κ3) is 3.71. The van der Waals surface area contributed by atoms with Crippen LogP contribution in [0.15, 0.2) is 58.9 Å². The molecule has 0 amide bonds. The number of tetrazole rings is 1. The van der Waals surface area contributed by atoms with Gasteiger partial charge in [0, 0.05) is 48.9 Å². The van der Waals surface area contributed by atoms with Crippen LogP contribution in [-0.2, 0) is 25.4 Å². The summed E-state index contributed by atoms with van der Waals surface area (Å²) >= 11 is 0. The van der Waals surface area contributed by atoms with Crippen LogP contribution in [-0.4, -0.2) is 50.7 Å². The molecule has 4 heterocycles. The fraction of sp³-hybridized carbons (Fsp3) is 0.318. The average Bonchev–Trinajstić information content (AvgIpc) is 3.58. The summed E-state index contributed by atoms with van der Waals surface area (Å²) in [7, 11) is 1.78. The monoisotopic (exact) mass is 444 g/mol. The maximum Gasteiger partial charge on any atom is 0.335 e. The number of allylic oxidation sites excluding steroid dienone is 1. The second kappa shape index (κ2) is 8.41. The normalized spacial score (nSPS) is 17.6. The highest BCUT2D eigenvalue weighted by atomic mass is 16.2. The maximum atomic E-state index is 13.6. The fourth-order valence-corrected chi connectivity index (χ4v) is 4.30. The van der Waals surface area contributed by atoms with Gasteiger partial charge in [-0.3, -0.25) is 9.56 Å². The first-order valence-electron chi connectivity index (χ1n) is 10.8. The maximum absolute atomic E-state index is 13.6. The highest BCUT2D eigenvalue weighted by Gasteiger charge is 2.33. The van der Waals surface area contributed by atoms with Crippen molar-refractivity contribution in [2.45, 2.75) is 38.1 Å². The molecule has 1 N–H and O–H groups in total. The zero-order valence-electron chi connectivity index (χ0n) is 18.5. The standard InChI is InChI=1S/C22H24N10O/c1-3-5-18-13-31(20-24-15-25-30(20)2)21(33)32(18)14-22(8-10-23-11-9-22)17-7-4-6-16(12-17)19-26-28-29-27-19/h4,6-8,10-13,15H,3,5,9,14H2,1-2H3,(H,26,27,28,29). The summed E-state index contributed by atoms with van der Waals surface area (Å²) in [6.07, 6.45) is 11.5. The van der Waals surface area contributed by atoms with Crippen molar-refractivity contribution in [3.63, 3.8) is 0 Å². The number of benzene rings is 1. The fourth-order valence-electron chi connectivity index (χ4n) is 4.30. The Morgan fingerprint density at radius 2 is 2.18 bits per heavy atom. The Labute approximate surface area is 189 Å². The van der Waals surface area contributed by atoms with Crippen LogP contribution < -0.4 is 5.69 Å². The number of aliphatic imine (C=N–C) groups is 1. The smallest absolute Gasteiger partial charge is 0.295 e. The molecule has 1 unspecified atom stereocenters. The van der Waals surface area contributed by atoms with E-state index in [4.69, 9.17) is 0 Å². The van der Waals surface area contributed by atoms with E-state index >= 15 is 0 Å². The lowest BCUT2D eigenvalue weighted by Crippen LogP contribution is -2.37. The van der Waals surface area contributed by atoms with Gasteiger partial charge in [0.05, 0.1) is 0 Å². The van der Waals surface area contributed by atoms with Crippen LogP contribution >= 0.6 is 0 Å². The van der Waals surface area contributed by atoms with Gasteiger partial charge in [-0.2, -0.15) is 10.1 Å². The predicted molar refractivity (Wildman–Crippen MR) is 122 cm³/mol. The molecule has 11 nitrogen and oxygen atoms in total. The minimum atomic E-state index is -0.455. The highest BCUT2D eigenvalue weighted by Crippen LogP contribution is 2.35. The summed E-state index contributed by atoms with van der Waals surface area (Å²) in [6, 6.07) is 8.07. The molecule has 5 rings (SSSR count). The zero-order valence-corrected chi connectivity index (χ0v) is 18.5. The molecule has 3 aromatic heterocycles. The Bertz CT molecular complexity index is 1370. The third-order valence-electron chi connectivity index (χ3n) is 6.01. The van der Waals surface area contributed by atoms with E-state index in [1.807, 2.05) is 29.1 Å². The Morgan fingerprint density at radius 1 is 1.27 bits per heavy atom. The van der Waals surface area contributed by atoms with Crippen LogP contribution in [0.25, 0.3) is 17.3 Å². The second-order valence-electron chi connectivity index (χ2n) is 8.13. The molecule has 4 aromatic rings. The van der Waals surface area contributed by atoms with Gasteiger partial charge in [0.2, 0.25) is 5.95 Å². The van der Waals surface area contributed by atoms with Crippen LogP contribution in [0.3, 0.4) is 0 Å². The van der Waals surface area contributed by atoms with Crippen LogP contribution in [0.2, 0.25) is 0 Å². The molecule has 0 radical (unpaired) electrons. The summed E-state index contributed by atoms with van der Waals surface area (Å²) in [5.74, 6) is 1.09. The molecule has 0 spiro atoms. The molecule has 11 heteroatoms. The van der Waals surface area contributed by atoms with Crippen molar-refractivity contribution in [2.24, 2.45) is 12.0 Å². The van der Waals surface area contributed by atoms with Gasteiger partial charge in [-0.15, -0.1) is 5.10 Å². The average molecular weight is 445 g/mol. The molecule has 1 aromatic carbocycles. The number of hydrogen-bond donors (Lipinski definition) is 1. The van der Waals surface area contributed by atoms with E-state index in [0.717, 1.165) is 29.7 Å².